The Morgan fingerprint density at radius 1 is 1.04 bits per heavy atom. The van der Waals surface area contributed by atoms with Crippen molar-refractivity contribution in [3.05, 3.63) is 59.2 Å². The summed E-state index contributed by atoms with van der Waals surface area (Å²) in [6.07, 6.45) is 1.38. The second-order valence-electron chi connectivity index (χ2n) is 6.83. The predicted molar refractivity (Wildman–Crippen MR) is 107 cm³/mol. The average molecular weight is 401 g/mol. The first kappa shape index (κ1) is 19.9. The molecule has 3 rings (SSSR count). The zero-order chi connectivity index (χ0) is 20.5. The number of aryl methyl sites for hydroxylation is 1. The molecule has 1 aliphatic heterocycles. The van der Waals surface area contributed by atoms with Crippen molar-refractivity contribution in [2.45, 2.75) is 17.7 Å². The van der Waals surface area contributed by atoms with Gasteiger partial charge in [0.2, 0.25) is 0 Å². The molecule has 1 aliphatic rings. The maximum Gasteiger partial charge on any atom is 0.264 e. The number of rotatable bonds is 4. The lowest BCUT2D eigenvalue weighted by atomic mass is 10.0. The van der Waals surface area contributed by atoms with E-state index in [1.165, 1.54) is 40.5 Å². The molecule has 28 heavy (non-hydrogen) atoms. The Bertz CT molecular complexity index is 1010. The van der Waals surface area contributed by atoms with Gasteiger partial charge in [-0.25, -0.2) is 8.42 Å². The summed E-state index contributed by atoms with van der Waals surface area (Å²) in [4.78, 5) is 25.5. The van der Waals surface area contributed by atoms with Crippen molar-refractivity contribution < 1.29 is 18.0 Å². The van der Waals surface area contributed by atoms with Gasteiger partial charge < -0.3 is 10.2 Å². The van der Waals surface area contributed by atoms with E-state index < -0.39 is 10.0 Å². The van der Waals surface area contributed by atoms with Gasteiger partial charge in [-0.05, 0) is 60.9 Å². The van der Waals surface area contributed by atoms with Crippen molar-refractivity contribution in [3.63, 3.8) is 0 Å². The summed E-state index contributed by atoms with van der Waals surface area (Å²) in [5, 5.41) is 2.51. The molecule has 0 fully saturated rings. The van der Waals surface area contributed by atoms with Crippen LogP contribution in [0.5, 0.6) is 0 Å². The minimum absolute atomic E-state index is 0.118. The van der Waals surface area contributed by atoms with E-state index in [4.69, 9.17) is 0 Å². The molecular formula is C20H23N3O4S. The van der Waals surface area contributed by atoms with E-state index in [1.807, 2.05) is 0 Å². The van der Waals surface area contributed by atoms with Crippen molar-refractivity contribution in [2.24, 2.45) is 0 Å². The number of benzene rings is 2. The van der Waals surface area contributed by atoms with Gasteiger partial charge in [0, 0.05) is 38.8 Å². The van der Waals surface area contributed by atoms with E-state index in [0.717, 1.165) is 5.56 Å². The van der Waals surface area contributed by atoms with Crippen molar-refractivity contribution in [1.82, 2.24) is 10.2 Å². The van der Waals surface area contributed by atoms with E-state index in [2.05, 4.69) is 5.32 Å². The van der Waals surface area contributed by atoms with Crippen LogP contribution in [0.25, 0.3) is 0 Å². The van der Waals surface area contributed by atoms with E-state index in [9.17, 15) is 18.0 Å². The number of carbonyl (C=O) groups excluding carboxylic acids is 2. The Morgan fingerprint density at radius 2 is 1.68 bits per heavy atom. The van der Waals surface area contributed by atoms with Gasteiger partial charge in [0.25, 0.3) is 21.8 Å². The highest BCUT2D eigenvalue weighted by atomic mass is 32.2. The third kappa shape index (κ3) is 3.60. The Labute approximate surface area is 165 Å². The van der Waals surface area contributed by atoms with Gasteiger partial charge in [-0.2, -0.15) is 0 Å². The Kier molecular flexibility index (Phi) is 5.42. The molecule has 148 valence electrons. The highest BCUT2D eigenvalue weighted by Crippen LogP contribution is 2.33. The molecule has 0 radical (unpaired) electrons. The lowest BCUT2D eigenvalue weighted by molar-refractivity contribution is 0.0827. The maximum atomic E-state index is 13.2. The molecule has 1 N–H and O–H groups in total. The molecule has 0 atom stereocenters. The van der Waals surface area contributed by atoms with E-state index >= 15 is 0 Å². The summed E-state index contributed by atoms with van der Waals surface area (Å²) in [5.41, 5.74) is 2.37. The number of hydrogen-bond donors (Lipinski definition) is 1. The van der Waals surface area contributed by atoms with Crippen LogP contribution in [0, 0.1) is 0 Å². The number of nitrogens with zero attached hydrogens (tertiary/aromatic N) is 2. The first-order chi connectivity index (χ1) is 13.3. The molecule has 2 aromatic carbocycles. The summed E-state index contributed by atoms with van der Waals surface area (Å²) < 4.78 is 27.7. The van der Waals surface area contributed by atoms with Crippen LogP contribution in [0.15, 0.2) is 47.4 Å². The average Bonchev–Trinajstić information content (AvgIpc) is 2.71. The normalized spacial score (nSPS) is 13.6. The van der Waals surface area contributed by atoms with Crippen molar-refractivity contribution in [1.29, 1.82) is 0 Å². The first-order valence-corrected chi connectivity index (χ1v) is 10.4. The zero-order valence-electron chi connectivity index (χ0n) is 16.1. The fourth-order valence-electron chi connectivity index (χ4n) is 3.25. The molecule has 0 aromatic heterocycles. The molecule has 0 saturated heterocycles. The minimum Gasteiger partial charge on any atom is -0.355 e. The molecule has 0 bridgehead atoms. The van der Waals surface area contributed by atoms with Crippen LogP contribution in [0.1, 0.15) is 32.7 Å². The fourth-order valence-corrected chi connectivity index (χ4v) is 4.79. The Hall–Kier alpha value is -2.87. The quantitative estimate of drug-likeness (QED) is 0.848. The molecular weight excluding hydrogens is 378 g/mol. The topological polar surface area (TPSA) is 86.8 Å². The van der Waals surface area contributed by atoms with Crippen molar-refractivity contribution in [2.75, 3.05) is 32.0 Å². The SMILES string of the molecule is CNC(=O)c1ccc(S(=O)(=O)N2CCCc3cc(C(=O)N(C)C)ccc32)cc1. The first-order valence-electron chi connectivity index (χ1n) is 8.95. The minimum atomic E-state index is -3.77. The molecule has 0 aliphatic carbocycles. The number of fused-ring (bicyclic) bond motifs is 1. The molecule has 2 aromatic rings. The van der Waals surface area contributed by atoms with Gasteiger partial charge >= 0.3 is 0 Å². The monoisotopic (exact) mass is 401 g/mol. The number of sulfonamides is 1. The van der Waals surface area contributed by atoms with Crippen LogP contribution in [-0.2, 0) is 16.4 Å². The summed E-state index contributed by atoms with van der Waals surface area (Å²) in [6, 6.07) is 11.0. The lowest BCUT2D eigenvalue weighted by Crippen LogP contribution is -2.35. The summed E-state index contributed by atoms with van der Waals surface area (Å²) >= 11 is 0. The van der Waals surface area contributed by atoms with Crippen LogP contribution in [-0.4, -0.2) is 52.8 Å². The number of amides is 2. The molecule has 0 spiro atoms. The van der Waals surface area contributed by atoms with E-state index in [0.29, 0.717) is 36.2 Å². The smallest absolute Gasteiger partial charge is 0.264 e. The summed E-state index contributed by atoms with van der Waals surface area (Å²) in [5.74, 6) is -0.391. The van der Waals surface area contributed by atoms with Crippen LogP contribution in [0.3, 0.4) is 0 Å². The lowest BCUT2D eigenvalue weighted by Gasteiger charge is -2.31. The standard InChI is InChI=1S/C20H23N3O4S/c1-21-19(24)14-6-9-17(10-7-14)28(26,27)23-12-4-5-15-13-16(8-11-18(15)23)20(25)22(2)3/h6-11,13H,4-5,12H2,1-3H3,(H,21,24). The van der Waals surface area contributed by atoms with Crippen molar-refractivity contribution in [3.8, 4) is 0 Å². The fraction of sp³-hybridized carbons (Fsp3) is 0.300. The Balaban J connectivity index is 1.96. The van der Waals surface area contributed by atoms with Gasteiger partial charge in [0.05, 0.1) is 10.6 Å². The molecule has 2 amide bonds. The van der Waals surface area contributed by atoms with Crippen LogP contribution in [0.2, 0.25) is 0 Å². The van der Waals surface area contributed by atoms with Gasteiger partial charge in [0.1, 0.15) is 0 Å². The molecule has 1 heterocycles. The van der Waals surface area contributed by atoms with Crippen LogP contribution >= 0.6 is 0 Å². The highest BCUT2D eigenvalue weighted by Gasteiger charge is 2.29. The highest BCUT2D eigenvalue weighted by molar-refractivity contribution is 7.92. The number of nitrogens with one attached hydrogen (secondary N) is 1. The van der Waals surface area contributed by atoms with Crippen LogP contribution in [0.4, 0.5) is 5.69 Å². The third-order valence-corrected chi connectivity index (χ3v) is 6.57. The largest absolute Gasteiger partial charge is 0.355 e. The number of carbonyl (C=O) groups is 2. The molecule has 8 heteroatoms. The van der Waals surface area contributed by atoms with Gasteiger partial charge in [-0.3, -0.25) is 13.9 Å². The molecule has 0 saturated carbocycles. The van der Waals surface area contributed by atoms with Crippen LogP contribution < -0.4 is 9.62 Å². The summed E-state index contributed by atoms with van der Waals surface area (Å²) in [6.45, 7) is 0.369. The maximum absolute atomic E-state index is 13.2. The second-order valence-corrected chi connectivity index (χ2v) is 8.69. The molecule has 7 nitrogen and oxygen atoms in total. The van der Waals surface area contributed by atoms with Gasteiger partial charge in [0.15, 0.2) is 0 Å². The van der Waals surface area contributed by atoms with Gasteiger partial charge in [-0.1, -0.05) is 0 Å². The van der Waals surface area contributed by atoms with Gasteiger partial charge in [-0.15, -0.1) is 0 Å². The van der Waals surface area contributed by atoms with Crippen molar-refractivity contribution >= 4 is 27.5 Å². The number of anilines is 1. The number of hydrogen-bond acceptors (Lipinski definition) is 4. The summed E-state index contributed by atoms with van der Waals surface area (Å²) in [7, 11) is 1.12. The Morgan fingerprint density at radius 3 is 2.29 bits per heavy atom. The van der Waals surface area contributed by atoms with E-state index in [1.54, 1.807) is 32.3 Å². The second kappa shape index (κ2) is 7.63. The third-order valence-electron chi connectivity index (χ3n) is 4.74. The molecule has 0 unspecified atom stereocenters. The van der Waals surface area contributed by atoms with E-state index in [-0.39, 0.29) is 16.7 Å². The predicted octanol–water partition coefficient (Wildman–Crippen LogP) is 1.89. The zero-order valence-corrected chi connectivity index (χ0v) is 16.9.